The molecule has 0 radical (unpaired) electrons. The van der Waals surface area contributed by atoms with Gasteiger partial charge in [0.1, 0.15) is 6.10 Å². The normalized spacial score (nSPS) is 14.0. The van der Waals surface area contributed by atoms with Crippen molar-refractivity contribution >= 4 is 19.7 Å². The summed E-state index contributed by atoms with van der Waals surface area (Å²) in [6.07, 6.45) is 21.9. The summed E-state index contributed by atoms with van der Waals surface area (Å²) in [6, 6.07) is -0.575. The number of esters is 1. The fraction of sp³-hybridized carbons (Fsp3) is 0.882. The largest absolute Gasteiger partial charge is 0.475 e. The summed E-state index contributed by atoms with van der Waals surface area (Å²) in [5, 5.41) is 2.96. The van der Waals surface area contributed by atoms with Crippen LogP contribution in [-0.4, -0.2) is 63.6 Å². The molecule has 0 fully saturated rings. The molecule has 3 N–H and O–H groups in total. The van der Waals surface area contributed by atoms with Gasteiger partial charge in [-0.05, 0) is 19.3 Å². The Bertz CT molecular complexity index is 770. The van der Waals surface area contributed by atoms with Crippen molar-refractivity contribution in [2.75, 3.05) is 39.6 Å². The number of unbranched alkanes of at least 4 members (excludes halogenated alkanes) is 14. The highest BCUT2D eigenvalue weighted by Crippen LogP contribution is 2.49. The number of amides is 1. The standard InChI is InChI=1S/C34H67N2O8P/c1-5-8-10-12-13-14-15-16-17-19-21-23-34(38)36-32(30-43-45(39,41-26-7-3)42-28-25-35)29-40-27-24-33(44-31(4)37)22-20-18-11-9-6-2/h7,32-33H,3,5-6,8-30,35H2,1-2,4H3,(H,36,38)/t32-,33-,45?/m1/s1. The molecule has 0 aromatic carbocycles. The van der Waals surface area contributed by atoms with Crippen LogP contribution in [0, 0.1) is 0 Å². The van der Waals surface area contributed by atoms with E-state index in [0.29, 0.717) is 19.4 Å². The predicted molar refractivity (Wildman–Crippen MR) is 182 cm³/mol. The average Bonchev–Trinajstić information content (AvgIpc) is 3.02. The predicted octanol–water partition coefficient (Wildman–Crippen LogP) is 8.17. The Morgan fingerprint density at radius 2 is 1.36 bits per heavy atom. The van der Waals surface area contributed by atoms with Gasteiger partial charge >= 0.3 is 13.8 Å². The van der Waals surface area contributed by atoms with Gasteiger partial charge in [-0.2, -0.15) is 0 Å². The molecule has 0 aliphatic carbocycles. The van der Waals surface area contributed by atoms with Crippen LogP contribution in [0.15, 0.2) is 12.7 Å². The van der Waals surface area contributed by atoms with E-state index in [-0.39, 0.29) is 51.0 Å². The molecular formula is C34H67N2O8P. The van der Waals surface area contributed by atoms with Crippen LogP contribution in [0.5, 0.6) is 0 Å². The molecular weight excluding hydrogens is 595 g/mol. The van der Waals surface area contributed by atoms with Crippen LogP contribution in [-0.2, 0) is 37.2 Å². The van der Waals surface area contributed by atoms with E-state index < -0.39 is 13.9 Å². The van der Waals surface area contributed by atoms with Crippen molar-refractivity contribution in [1.29, 1.82) is 0 Å². The van der Waals surface area contributed by atoms with Gasteiger partial charge in [0.2, 0.25) is 5.91 Å². The van der Waals surface area contributed by atoms with Crippen molar-refractivity contribution in [2.24, 2.45) is 5.73 Å². The van der Waals surface area contributed by atoms with E-state index in [2.05, 4.69) is 25.7 Å². The third-order valence-electron chi connectivity index (χ3n) is 7.39. The first-order valence-corrected chi connectivity index (χ1v) is 19.1. The second-order valence-corrected chi connectivity index (χ2v) is 13.5. The fourth-order valence-corrected chi connectivity index (χ4v) is 6.10. The number of rotatable bonds is 34. The molecule has 1 amide bonds. The minimum Gasteiger partial charge on any atom is -0.462 e. The monoisotopic (exact) mass is 662 g/mol. The van der Waals surface area contributed by atoms with Gasteiger partial charge in [-0.15, -0.1) is 6.58 Å². The van der Waals surface area contributed by atoms with Gasteiger partial charge in [0.05, 0.1) is 39.1 Å². The molecule has 0 saturated heterocycles. The Balaban J connectivity index is 4.81. The number of phosphoric ester groups is 1. The van der Waals surface area contributed by atoms with Gasteiger partial charge < -0.3 is 20.5 Å². The smallest absolute Gasteiger partial charge is 0.462 e. The lowest BCUT2D eigenvalue weighted by atomic mass is 10.1. The van der Waals surface area contributed by atoms with Crippen molar-refractivity contribution in [2.45, 2.75) is 155 Å². The molecule has 0 aliphatic rings. The van der Waals surface area contributed by atoms with Gasteiger partial charge in [-0.1, -0.05) is 110 Å². The minimum atomic E-state index is -3.90. The second-order valence-electron chi connectivity index (χ2n) is 11.8. The Morgan fingerprint density at radius 1 is 0.778 bits per heavy atom. The van der Waals surface area contributed by atoms with Gasteiger partial charge in [0.25, 0.3) is 0 Å². The Hall–Kier alpha value is -1.29. The van der Waals surface area contributed by atoms with Crippen LogP contribution in [0.1, 0.15) is 143 Å². The first kappa shape index (κ1) is 43.7. The molecule has 266 valence electrons. The number of ether oxygens (including phenoxy) is 2. The van der Waals surface area contributed by atoms with Crippen LogP contribution in [0.2, 0.25) is 0 Å². The van der Waals surface area contributed by atoms with Gasteiger partial charge in [0.15, 0.2) is 0 Å². The summed E-state index contributed by atoms with van der Waals surface area (Å²) < 4.78 is 40.5. The molecule has 11 heteroatoms. The van der Waals surface area contributed by atoms with Crippen LogP contribution in [0.4, 0.5) is 0 Å². The SMILES string of the molecule is C=CCOP(=O)(OCCN)OC[C@@H](COCC[C@@H](CCCCCCC)OC(C)=O)NC(=O)CCCCCCCCCCCCC. The quantitative estimate of drug-likeness (QED) is 0.0303. The fourth-order valence-electron chi connectivity index (χ4n) is 4.90. The van der Waals surface area contributed by atoms with Crippen molar-refractivity contribution in [3.63, 3.8) is 0 Å². The number of carbonyl (C=O) groups is 2. The highest BCUT2D eigenvalue weighted by Gasteiger charge is 2.28. The molecule has 3 atom stereocenters. The first-order chi connectivity index (χ1) is 21.8. The third-order valence-corrected chi connectivity index (χ3v) is 8.82. The van der Waals surface area contributed by atoms with E-state index in [1.807, 2.05) is 0 Å². The Labute approximate surface area is 274 Å². The topological polar surface area (TPSA) is 135 Å². The molecule has 1 unspecified atom stereocenters. The van der Waals surface area contributed by atoms with Gasteiger partial charge in [-0.25, -0.2) is 4.57 Å². The van der Waals surface area contributed by atoms with E-state index >= 15 is 0 Å². The molecule has 45 heavy (non-hydrogen) atoms. The van der Waals surface area contributed by atoms with Crippen LogP contribution in [0.25, 0.3) is 0 Å². The van der Waals surface area contributed by atoms with E-state index in [1.165, 1.54) is 83.6 Å². The zero-order chi connectivity index (χ0) is 33.4. The van der Waals surface area contributed by atoms with Crippen molar-refractivity contribution in [1.82, 2.24) is 5.32 Å². The van der Waals surface area contributed by atoms with Crippen molar-refractivity contribution in [3.8, 4) is 0 Å². The van der Waals surface area contributed by atoms with Gasteiger partial charge in [-0.3, -0.25) is 23.2 Å². The molecule has 0 saturated carbocycles. The molecule has 0 rings (SSSR count). The second kappa shape index (κ2) is 31.3. The Morgan fingerprint density at radius 3 is 1.91 bits per heavy atom. The summed E-state index contributed by atoms with van der Waals surface area (Å²) >= 11 is 0. The first-order valence-electron chi connectivity index (χ1n) is 17.7. The lowest BCUT2D eigenvalue weighted by Gasteiger charge is -2.23. The average molecular weight is 663 g/mol. The molecule has 0 bridgehead atoms. The Kier molecular flexibility index (Phi) is 30.4. The molecule has 0 aromatic heterocycles. The number of carbonyl (C=O) groups excluding carboxylic acids is 2. The lowest BCUT2D eigenvalue weighted by molar-refractivity contribution is -0.147. The highest BCUT2D eigenvalue weighted by atomic mass is 31.2. The van der Waals surface area contributed by atoms with E-state index in [4.69, 9.17) is 28.8 Å². The third kappa shape index (κ3) is 28.6. The number of hydrogen-bond donors (Lipinski definition) is 2. The van der Waals surface area contributed by atoms with Gasteiger partial charge in [0, 0.05) is 26.3 Å². The number of phosphoric acid groups is 1. The minimum absolute atomic E-state index is 0.00319. The maximum Gasteiger partial charge on any atom is 0.475 e. The summed E-state index contributed by atoms with van der Waals surface area (Å²) in [6.45, 7) is 9.87. The van der Waals surface area contributed by atoms with Crippen molar-refractivity contribution in [3.05, 3.63) is 12.7 Å². The molecule has 10 nitrogen and oxygen atoms in total. The van der Waals surface area contributed by atoms with E-state index in [1.54, 1.807) is 0 Å². The molecule has 0 heterocycles. The summed E-state index contributed by atoms with van der Waals surface area (Å²) in [5.41, 5.74) is 5.50. The molecule has 0 aliphatic heterocycles. The maximum atomic E-state index is 13.0. The molecule has 0 spiro atoms. The molecule has 0 aromatic rings. The highest BCUT2D eigenvalue weighted by molar-refractivity contribution is 7.48. The van der Waals surface area contributed by atoms with Crippen LogP contribution < -0.4 is 11.1 Å². The summed E-state index contributed by atoms with van der Waals surface area (Å²) in [4.78, 5) is 24.4. The lowest BCUT2D eigenvalue weighted by Crippen LogP contribution is -2.41. The number of hydrogen-bond acceptors (Lipinski definition) is 9. The van der Waals surface area contributed by atoms with E-state index in [0.717, 1.165) is 38.5 Å². The van der Waals surface area contributed by atoms with E-state index in [9.17, 15) is 14.2 Å². The zero-order valence-corrected chi connectivity index (χ0v) is 29.8. The summed E-state index contributed by atoms with van der Waals surface area (Å²) in [7, 11) is -3.90. The number of nitrogens with two attached hydrogens (primary N) is 1. The van der Waals surface area contributed by atoms with Crippen molar-refractivity contribution < 1.29 is 37.2 Å². The zero-order valence-electron chi connectivity index (χ0n) is 28.9. The maximum absolute atomic E-state index is 13.0. The van der Waals surface area contributed by atoms with Crippen LogP contribution in [0.3, 0.4) is 0 Å². The number of nitrogens with one attached hydrogen (secondary N) is 1. The van der Waals surface area contributed by atoms with Crippen LogP contribution >= 0.6 is 7.82 Å². The summed E-state index contributed by atoms with van der Waals surface area (Å²) in [5.74, 6) is -0.417.